The maximum Gasteiger partial charge on any atom is 0.147 e. The summed E-state index contributed by atoms with van der Waals surface area (Å²) in [4.78, 5) is 0. The van der Waals surface area contributed by atoms with Crippen molar-refractivity contribution in [1.82, 2.24) is 0 Å². The van der Waals surface area contributed by atoms with E-state index in [1.165, 1.54) is 6.07 Å². The van der Waals surface area contributed by atoms with Gasteiger partial charge in [-0.3, -0.25) is 0 Å². The SMILES string of the molecule is Cc1cc(F)c2c(c1F)C(C)(C)CN2. The van der Waals surface area contributed by atoms with Gasteiger partial charge in [0.1, 0.15) is 11.6 Å². The van der Waals surface area contributed by atoms with E-state index in [-0.39, 0.29) is 17.0 Å². The fourth-order valence-electron chi connectivity index (χ4n) is 1.96. The Hall–Kier alpha value is -1.12. The maximum absolute atomic E-state index is 13.8. The molecule has 0 amide bonds. The molecule has 0 saturated carbocycles. The quantitative estimate of drug-likeness (QED) is 0.674. The molecule has 1 heterocycles. The van der Waals surface area contributed by atoms with Crippen molar-refractivity contribution in [1.29, 1.82) is 0 Å². The molecular weight excluding hydrogens is 184 g/mol. The Kier molecular flexibility index (Phi) is 1.81. The summed E-state index contributed by atoms with van der Waals surface area (Å²) in [6, 6.07) is 1.24. The van der Waals surface area contributed by atoms with E-state index in [1.54, 1.807) is 6.92 Å². The number of fused-ring (bicyclic) bond motifs is 1. The third-order valence-electron chi connectivity index (χ3n) is 2.78. The van der Waals surface area contributed by atoms with E-state index >= 15 is 0 Å². The molecule has 1 aliphatic heterocycles. The fourth-order valence-corrected chi connectivity index (χ4v) is 1.96. The molecule has 0 unspecified atom stereocenters. The molecule has 0 bridgehead atoms. The summed E-state index contributed by atoms with van der Waals surface area (Å²) in [7, 11) is 0. The van der Waals surface area contributed by atoms with Crippen LogP contribution in [0.2, 0.25) is 0 Å². The van der Waals surface area contributed by atoms with Crippen LogP contribution in [0.25, 0.3) is 0 Å². The average molecular weight is 197 g/mol. The second-order valence-corrected chi connectivity index (χ2v) is 4.48. The third kappa shape index (κ3) is 1.11. The van der Waals surface area contributed by atoms with E-state index in [4.69, 9.17) is 0 Å². The Labute approximate surface area is 82.1 Å². The number of hydrogen-bond acceptors (Lipinski definition) is 1. The van der Waals surface area contributed by atoms with Crippen molar-refractivity contribution in [3.63, 3.8) is 0 Å². The monoisotopic (exact) mass is 197 g/mol. The number of aryl methyl sites for hydroxylation is 1. The van der Waals surface area contributed by atoms with Gasteiger partial charge in [0, 0.05) is 17.5 Å². The van der Waals surface area contributed by atoms with Crippen LogP contribution in [0.1, 0.15) is 25.0 Å². The van der Waals surface area contributed by atoms with Crippen LogP contribution >= 0.6 is 0 Å². The Morgan fingerprint density at radius 1 is 1.36 bits per heavy atom. The maximum atomic E-state index is 13.8. The molecule has 0 fully saturated rings. The summed E-state index contributed by atoms with van der Waals surface area (Å²) < 4.78 is 27.2. The Bertz CT molecular complexity index is 397. The smallest absolute Gasteiger partial charge is 0.147 e. The largest absolute Gasteiger partial charge is 0.381 e. The number of anilines is 1. The van der Waals surface area contributed by atoms with Crippen LogP contribution in [-0.4, -0.2) is 6.54 Å². The first-order chi connectivity index (χ1) is 6.43. The highest BCUT2D eigenvalue weighted by Crippen LogP contribution is 2.40. The Morgan fingerprint density at radius 2 is 2.00 bits per heavy atom. The fraction of sp³-hybridized carbons (Fsp3) is 0.455. The van der Waals surface area contributed by atoms with Gasteiger partial charge in [-0.25, -0.2) is 8.78 Å². The van der Waals surface area contributed by atoms with Gasteiger partial charge in [0.05, 0.1) is 5.69 Å². The normalized spacial score (nSPS) is 17.8. The lowest BCUT2D eigenvalue weighted by Crippen LogP contribution is -2.20. The molecule has 1 aliphatic rings. The van der Waals surface area contributed by atoms with E-state index in [1.807, 2.05) is 13.8 Å². The lowest BCUT2D eigenvalue weighted by molar-refractivity contribution is 0.519. The third-order valence-corrected chi connectivity index (χ3v) is 2.78. The summed E-state index contributed by atoms with van der Waals surface area (Å²) in [5.41, 5.74) is 0.859. The Balaban J connectivity index is 2.75. The minimum Gasteiger partial charge on any atom is -0.381 e. The minimum absolute atomic E-state index is 0.281. The van der Waals surface area contributed by atoms with Crippen LogP contribution in [0.3, 0.4) is 0 Å². The second kappa shape index (κ2) is 2.69. The molecule has 3 heteroatoms. The topological polar surface area (TPSA) is 12.0 Å². The summed E-state index contributed by atoms with van der Waals surface area (Å²) in [5, 5.41) is 2.91. The van der Waals surface area contributed by atoms with Gasteiger partial charge in [0.15, 0.2) is 0 Å². The zero-order valence-corrected chi connectivity index (χ0v) is 8.54. The van der Waals surface area contributed by atoms with Gasteiger partial charge >= 0.3 is 0 Å². The van der Waals surface area contributed by atoms with Crippen molar-refractivity contribution in [2.24, 2.45) is 0 Å². The highest BCUT2D eigenvalue weighted by atomic mass is 19.1. The molecule has 1 nitrogen and oxygen atoms in total. The van der Waals surface area contributed by atoms with Gasteiger partial charge < -0.3 is 5.32 Å². The Morgan fingerprint density at radius 3 is 2.64 bits per heavy atom. The minimum atomic E-state index is -0.357. The number of hydrogen-bond donors (Lipinski definition) is 1. The highest BCUT2D eigenvalue weighted by molar-refractivity contribution is 5.62. The molecule has 0 atom stereocenters. The van der Waals surface area contributed by atoms with Gasteiger partial charge in [-0.15, -0.1) is 0 Å². The molecule has 0 aliphatic carbocycles. The molecule has 14 heavy (non-hydrogen) atoms. The molecule has 0 spiro atoms. The summed E-state index contributed by atoms with van der Waals surface area (Å²) in [5.74, 6) is -0.638. The van der Waals surface area contributed by atoms with Gasteiger partial charge in [-0.2, -0.15) is 0 Å². The zero-order chi connectivity index (χ0) is 10.5. The predicted molar refractivity (Wildman–Crippen MR) is 52.6 cm³/mol. The predicted octanol–water partition coefficient (Wildman–Crippen LogP) is 2.98. The van der Waals surface area contributed by atoms with E-state index in [2.05, 4.69) is 5.32 Å². The van der Waals surface area contributed by atoms with Crippen molar-refractivity contribution in [3.05, 3.63) is 28.8 Å². The van der Waals surface area contributed by atoms with Gasteiger partial charge in [-0.05, 0) is 18.6 Å². The van der Waals surface area contributed by atoms with E-state index in [0.29, 0.717) is 23.4 Å². The first-order valence-electron chi connectivity index (χ1n) is 4.66. The second-order valence-electron chi connectivity index (χ2n) is 4.48. The highest BCUT2D eigenvalue weighted by Gasteiger charge is 2.35. The first-order valence-corrected chi connectivity index (χ1v) is 4.66. The first kappa shape index (κ1) is 9.44. The van der Waals surface area contributed by atoms with E-state index < -0.39 is 0 Å². The van der Waals surface area contributed by atoms with Crippen LogP contribution in [0, 0.1) is 18.6 Å². The van der Waals surface area contributed by atoms with Gasteiger partial charge in [-0.1, -0.05) is 13.8 Å². The van der Waals surface area contributed by atoms with Crippen LogP contribution in [0.4, 0.5) is 14.5 Å². The van der Waals surface area contributed by atoms with Crippen LogP contribution < -0.4 is 5.32 Å². The average Bonchev–Trinajstić information content (AvgIpc) is 2.38. The van der Waals surface area contributed by atoms with E-state index in [9.17, 15) is 8.78 Å². The van der Waals surface area contributed by atoms with Gasteiger partial charge in [0.2, 0.25) is 0 Å². The summed E-state index contributed by atoms with van der Waals surface area (Å²) in [6.45, 7) is 5.99. The zero-order valence-electron chi connectivity index (χ0n) is 8.54. The van der Waals surface area contributed by atoms with Crippen molar-refractivity contribution in [2.75, 3.05) is 11.9 Å². The molecule has 1 N–H and O–H groups in total. The number of rotatable bonds is 0. The van der Waals surface area contributed by atoms with Crippen LogP contribution in [-0.2, 0) is 5.41 Å². The van der Waals surface area contributed by atoms with Crippen LogP contribution in [0.15, 0.2) is 6.07 Å². The van der Waals surface area contributed by atoms with Crippen molar-refractivity contribution in [3.8, 4) is 0 Å². The number of nitrogens with one attached hydrogen (secondary N) is 1. The van der Waals surface area contributed by atoms with Crippen LogP contribution in [0.5, 0.6) is 0 Å². The molecule has 76 valence electrons. The molecule has 0 radical (unpaired) electrons. The van der Waals surface area contributed by atoms with E-state index in [0.717, 1.165) is 0 Å². The number of halogens is 2. The lowest BCUT2D eigenvalue weighted by Gasteiger charge is -2.18. The van der Waals surface area contributed by atoms with Gasteiger partial charge in [0.25, 0.3) is 0 Å². The molecule has 0 aromatic heterocycles. The molecule has 0 saturated heterocycles. The van der Waals surface area contributed by atoms with Crippen molar-refractivity contribution >= 4 is 5.69 Å². The molecule has 1 aromatic rings. The lowest BCUT2D eigenvalue weighted by atomic mass is 9.85. The van der Waals surface area contributed by atoms with Crippen molar-refractivity contribution < 1.29 is 8.78 Å². The standard InChI is InChI=1S/C11H13F2N/c1-6-4-7(12)10-8(9(6)13)11(2,3)5-14-10/h4,14H,5H2,1-3H3. The molecular formula is C11H13F2N. The summed E-state index contributed by atoms with van der Waals surface area (Å²) >= 11 is 0. The molecule has 1 aromatic carbocycles. The molecule has 2 rings (SSSR count). The number of benzene rings is 1. The van der Waals surface area contributed by atoms with Crippen molar-refractivity contribution in [2.45, 2.75) is 26.2 Å². The summed E-state index contributed by atoms with van der Waals surface area (Å²) in [6.07, 6.45) is 0.